The number of morpholine rings is 1. The molecule has 1 aromatic heterocycles. The number of quaternary nitrogens is 1. The minimum atomic E-state index is -0.726. The highest BCUT2D eigenvalue weighted by molar-refractivity contribution is 6.46. The van der Waals surface area contributed by atoms with Crippen LogP contribution in [0.25, 0.3) is 5.76 Å². The molecule has 2 aromatic rings. The number of hydrogen-bond donors (Lipinski definition) is 2. The summed E-state index contributed by atoms with van der Waals surface area (Å²) in [5, 5.41) is 10.8. The van der Waals surface area contributed by atoms with Crippen LogP contribution in [0.15, 0.2) is 58.7 Å². The van der Waals surface area contributed by atoms with E-state index in [1.165, 1.54) is 16.1 Å². The average Bonchev–Trinajstić information content (AvgIpc) is 3.35. The van der Waals surface area contributed by atoms with Gasteiger partial charge in [0.1, 0.15) is 30.7 Å². The molecule has 7 nitrogen and oxygen atoms in total. The highest BCUT2D eigenvalue weighted by Crippen LogP contribution is 2.39. The van der Waals surface area contributed by atoms with Crippen molar-refractivity contribution in [3.8, 4) is 0 Å². The molecular weight excluding hydrogens is 360 g/mol. The van der Waals surface area contributed by atoms with Crippen molar-refractivity contribution in [1.29, 1.82) is 0 Å². The van der Waals surface area contributed by atoms with E-state index in [0.717, 1.165) is 13.1 Å². The van der Waals surface area contributed by atoms with Crippen LogP contribution in [0.1, 0.15) is 17.4 Å². The van der Waals surface area contributed by atoms with Gasteiger partial charge in [0, 0.05) is 5.56 Å². The fourth-order valence-corrected chi connectivity index (χ4v) is 3.79. The van der Waals surface area contributed by atoms with Crippen molar-refractivity contribution < 1.29 is 28.7 Å². The summed E-state index contributed by atoms with van der Waals surface area (Å²) in [6.45, 7) is 4.25. The van der Waals surface area contributed by atoms with Crippen LogP contribution in [-0.2, 0) is 14.3 Å². The normalized spacial score (nSPS) is 22.7. The summed E-state index contributed by atoms with van der Waals surface area (Å²) in [5.74, 6) is -0.999. The van der Waals surface area contributed by atoms with E-state index in [2.05, 4.69) is 0 Å². The lowest BCUT2D eigenvalue weighted by atomic mass is 9.99. The Labute approximate surface area is 162 Å². The Morgan fingerprint density at radius 3 is 2.54 bits per heavy atom. The Bertz CT molecular complexity index is 869. The van der Waals surface area contributed by atoms with Crippen LogP contribution in [0.2, 0.25) is 0 Å². The van der Waals surface area contributed by atoms with E-state index in [0.29, 0.717) is 37.6 Å². The summed E-state index contributed by atoms with van der Waals surface area (Å²) < 4.78 is 10.9. The van der Waals surface area contributed by atoms with Crippen LogP contribution in [0, 0.1) is 0 Å². The lowest BCUT2D eigenvalue weighted by Gasteiger charge is -2.28. The van der Waals surface area contributed by atoms with Crippen LogP contribution in [0.4, 0.5) is 0 Å². The molecule has 3 heterocycles. The number of ether oxygens (including phenoxy) is 1. The number of nitrogens with one attached hydrogen (secondary N) is 1. The molecule has 0 aliphatic carbocycles. The van der Waals surface area contributed by atoms with E-state index in [9.17, 15) is 14.7 Å². The standard InChI is InChI=1S/C21H22N2O5/c24-19(15-5-2-1-3-6-15)17-18(16-7-4-12-28-16)23(21(26)20(17)25)9-8-22-10-13-27-14-11-22/h1-7,12,18,24H,8-11,13-14H2/p+1/t18-/m1/s1. The number of hydrogen-bond acceptors (Lipinski definition) is 5. The first-order valence-electron chi connectivity index (χ1n) is 9.45. The number of likely N-dealkylation sites (tertiary alicyclic amines) is 1. The third-order valence-corrected chi connectivity index (χ3v) is 5.31. The fourth-order valence-electron chi connectivity index (χ4n) is 3.79. The summed E-state index contributed by atoms with van der Waals surface area (Å²) in [6, 6.07) is 11.5. The first kappa shape index (κ1) is 18.5. The number of rotatable bonds is 5. The van der Waals surface area contributed by atoms with Gasteiger partial charge in [0.05, 0.1) is 38.1 Å². The third kappa shape index (κ3) is 3.46. The SMILES string of the molecule is O=C1C(=O)N(CC[NH+]2CCOCC2)[C@H](c2ccco2)C1=C(O)c1ccccc1. The number of furan rings is 1. The monoisotopic (exact) mass is 383 g/mol. The van der Waals surface area contributed by atoms with Crippen LogP contribution in [0.5, 0.6) is 0 Å². The van der Waals surface area contributed by atoms with Gasteiger partial charge in [0.25, 0.3) is 11.7 Å². The van der Waals surface area contributed by atoms with Gasteiger partial charge >= 0.3 is 0 Å². The molecule has 0 radical (unpaired) electrons. The van der Waals surface area contributed by atoms with Crippen LogP contribution in [-0.4, -0.2) is 61.1 Å². The predicted octanol–water partition coefficient (Wildman–Crippen LogP) is 0.616. The summed E-state index contributed by atoms with van der Waals surface area (Å²) in [4.78, 5) is 28.4. The highest BCUT2D eigenvalue weighted by atomic mass is 16.5. The summed E-state index contributed by atoms with van der Waals surface area (Å²) in [7, 11) is 0. The van der Waals surface area contributed by atoms with Gasteiger partial charge in [-0.3, -0.25) is 9.59 Å². The quantitative estimate of drug-likeness (QED) is 0.449. The van der Waals surface area contributed by atoms with Gasteiger partial charge in [-0.25, -0.2) is 0 Å². The molecule has 146 valence electrons. The Morgan fingerprint density at radius 1 is 1.11 bits per heavy atom. The number of ketones is 1. The van der Waals surface area contributed by atoms with Crippen LogP contribution < -0.4 is 4.90 Å². The van der Waals surface area contributed by atoms with E-state index in [1.54, 1.807) is 36.4 Å². The second-order valence-electron chi connectivity index (χ2n) is 6.99. The van der Waals surface area contributed by atoms with Gasteiger partial charge in [-0.2, -0.15) is 0 Å². The number of carbonyl (C=O) groups is 2. The third-order valence-electron chi connectivity index (χ3n) is 5.31. The molecule has 7 heteroatoms. The molecule has 1 amide bonds. The smallest absolute Gasteiger partial charge is 0.295 e. The molecule has 0 spiro atoms. The maximum Gasteiger partial charge on any atom is 0.295 e. The molecule has 0 bridgehead atoms. The molecule has 2 saturated heterocycles. The van der Waals surface area contributed by atoms with Crippen molar-refractivity contribution in [2.24, 2.45) is 0 Å². The van der Waals surface area contributed by atoms with Gasteiger partial charge < -0.3 is 24.1 Å². The van der Waals surface area contributed by atoms with E-state index >= 15 is 0 Å². The minimum absolute atomic E-state index is 0.0723. The van der Waals surface area contributed by atoms with Gasteiger partial charge in [0.15, 0.2) is 0 Å². The van der Waals surface area contributed by atoms with Crippen molar-refractivity contribution in [3.05, 3.63) is 65.6 Å². The van der Waals surface area contributed by atoms with E-state index in [4.69, 9.17) is 9.15 Å². The van der Waals surface area contributed by atoms with E-state index in [1.807, 2.05) is 6.07 Å². The first-order chi connectivity index (χ1) is 13.7. The Hall–Kier alpha value is -2.90. The largest absolute Gasteiger partial charge is 0.507 e. The van der Waals surface area contributed by atoms with Gasteiger partial charge in [-0.05, 0) is 12.1 Å². The topological polar surface area (TPSA) is 84.4 Å². The second-order valence-corrected chi connectivity index (χ2v) is 6.99. The van der Waals surface area contributed by atoms with Crippen molar-refractivity contribution in [1.82, 2.24) is 4.90 Å². The number of aliphatic hydroxyl groups excluding tert-OH is 1. The molecule has 2 N–H and O–H groups in total. The zero-order valence-electron chi connectivity index (χ0n) is 15.5. The fraction of sp³-hybridized carbons (Fsp3) is 0.333. The highest BCUT2D eigenvalue weighted by Gasteiger charge is 2.47. The lowest BCUT2D eigenvalue weighted by Crippen LogP contribution is -3.14. The molecule has 0 saturated carbocycles. The Morgan fingerprint density at radius 2 is 1.86 bits per heavy atom. The van der Waals surface area contributed by atoms with Gasteiger partial charge in [0.2, 0.25) is 0 Å². The number of nitrogens with zero attached hydrogens (tertiary/aromatic N) is 1. The number of Topliss-reactive ketones (excluding diaryl/α,β-unsaturated/α-hetero) is 1. The number of amides is 1. The van der Waals surface area contributed by atoms with Gasteiger partial charge in [-0.1, -0.05) is 30.3 Å². The van der Waals surface area contributed by atoms with Crippen molar-refractivity contribution in [3.63, 3.8) is 0 Å². The molecule has 2 aliphatic heterocycles. The maximum absolute atomic E-state index is 12.8. The number of aliphatic hydroxyl groups is 1. The van der Waals surface area contributed by atoms with Crippen molar-refractivity contribution in [2.45, 2.75) is 6.04 Å². The Balaban J connectivity index is 1.68. The molecule has 0 unspecified atom stereocenters. The second kappa shape index (κ2) is 8.00. The average molecular weight is 383 g/mol. The molecule has 2 aliphatic rings. The molecule has 28 heavy (non-hydrogen) atoms. The van der Waals surface area contributed by atoms with Crippen molar-refractivity contribution in [2.75, 3.05) is 39.4 Å². The van der Waals surface area contributed by atoms with E-state index in [-0.39, 0.29) is 11.3 Å². The summed E-state index contributed by atoms with van der Waals surface area (Å²) >= 11 is 0. The first-order valence-corrected chi connectivity index (χ1v) is 9.45. The van der Waals surface area contributed by atoms with Crippen LogP contribution in [0.3, 0.4) is 0 Å². The lowest BCUT2D eigenvalue weighted by molar-refractivity contribution is -0.907. The molecule has 1 atom stereocenters. The summed E-state index contributed by atoms with van der Waals surface area (Å²) in [6.07, 6.45) is 1.51. The molecular formula is C21H23N2O5+. The van der Waals surface area contributed by atoms with Crippen molar-refractivity contribution >= 4 is 17.4 Å². The number of carbonyl (C=O) groups excluding carboxylic acids is 2. The van der Waals surface area contributed by atoms with Crippen LogP contribution >= 0.6 is 0 Å². The zero-order chi connectivity index (χ0) is 19.5. The predicted molar refractivity (Wildman–Crippen MR) is 101 cm³/mol. The zero-order valence-corrected chi connectivity index (χ0v) is 15.5. The maximum atomic E-state index is 12.8. The molecule has 4 rings (SSSR count). The minimum Gasteiger partial charge on any atom is -0.507 e. The molecule has 2 fully saturated rings. The van der Waals surface area contributed by atoms with E-state index < -0.39 is 17.7 Å². The number of benzene rings is 1. The Kier molecular flexibility index (Phi) is 5.27. The summed E-state index contributed by atoms with van der Waals surface area (Å²) in [5.41, 5.74) is 0.569. The van der Waals surface area contributed by atoms with Gasteiger partial charge in [-0.15, -0.1) is 0 Å². The molecule has 1 aromatic carbocycles.